The molecule has 2 aromatic carbocycles. The number of carbonyl (C=O) groups is 2. The van der Waals surface area contributed by atoms with E-state index in [-0.39, 0.29) is 0 Å². The van der Waals surface area contributed by atoms with Crippen LogP contribution in [0, 0.1) is 12.7 Å². The molecule has 1 aliphatic heterocycles. The summed E-state index contributed by atoms with van der Waals surface area (Å²) in [5.41, 5.74) is 2.27. The van der Waals surface area contributed by atoms with Crippen LogP contribution in [0.25, 0.3) is 0 Å². The normalized spacial score (nSPS) is 14.5. The van der Waals surface area contributed by atoms with Crippen molar-refractivity contribution in [1.29, 1.82) is 0 Å². The third kappa shape index (κ3) is 5.61. The number of anilines is 1. The van der Waals surface area contributed by atoms with Crippen LogP contribution in [0.4, 0.5) is 10.1 Å². The molecule has 3 rings (SSSR count). The van der Waals surface area contributed by atoms with Gasteiger partial charge in [-0.2, -0.15) is 0 Å². The number of aryl methyl sites for hydroxylation is 1. The minimum atomic E-state index is -0.580. The molecule has 0 radical (unpaired) electrons. The quantitative estimate of drug-likeness (QED) is 0.774. The Balaban J connectivity index is 1.47. The van der Waals surface area contributed by atoms with E-state index in [9.17, 15) is 14.0 Å². The molecule has 0 unspecified atom stereocenters. The maximum Gasteiger partial charge on any atom is 0.338 e. The lowest BCUT2D eigenvalue weighted by atomic mass is 10.1. The summed E-state index contributed by atoms with van der Waals surface area (Å²) in [5, 5.41) is 2.50. The fourth-order valence-electron chi connectivity index (χ4n) is 2.85. The first-order valence-electron chi connectivity index (χ1n) is 9.13. The van der Waals surface area contributed by atoms with Crippen LogP contribution in [0.5, 0.6) is 0 Å². The molecule has 1 amide bonds. The molecule has 0 aromatic heterocycles. The number of carbonyl (C=O) groups excluding carboxylic acids is 2. The molecule has 1 heterocycles. The van der Waals surface area contributed by atoms with Gasteiger partial charge < -0.3 is 14.8 Å². The molecule has 0 saturated carbocycles. The zero-order valence-corrected chi connectivity index (χ0v) is 15.7. The smallest absolute Gasteiger partial charge is 0.338 e. The molecule has 1 aliphatic rings. The topological polar surface area (TPSA) is 67.9 Å². The van der Waals surface area contributed by atoms with E-state index in [1.165, 1.54) is 6.07 Å². The SMILES string of the molecule is Cc1ccc(NC(=O)COC(=O)c2ccc(CN3CCOCC3)cc2)cc1F. The number of nitrogens with one attached hydrogen (secondary N) is 1. The van der Waals surface area contributed by atoms with Gasteiger partial charge in [-0.05, 0) is 42.3 Å². The van der Waals surface area contributed by atoms with E-state index in [0.29, 0.717) is 16.8 Å². The van der Waals surface area contributed by atoms with Crippen molar-refractivity contribution in [2.24, 2.45) is 0 Å². The molecule has 0 bridgehead atoms. The zero-order valence-electron chi connectivity index (χ0n) is 15.7. The number of hydrogen-bond donors (Lipinski definition) is 1. The number of benzene rings is 2. The van der Waals surface area contributed by atoms with Crippen molar-refractivity contribution in [1.82, 2.24) is 4.90 Å². The zero-order chi connectivity index (χ0) is 19.9. The maximum atomic E-state index is 13.5. The number of hydrogen-bond acceptors (Lipinski definition) is 5. The summed E-state index contributed by atoms with van der Waals surface area (Å²) in [6, 6.07) is 11.5. The molecule has 1 saturated heterocycles. The van der Waals surface area contributed by atoms with Crippen molar-refractivity contribution >= 4 is 17.6 Å². The Morgan fingerprint density at radius 1 is 1.14 bits per heavy atom. The van der Waals surface area contributed by atoms with Gasteiger partial charge >= 0.3 is 5.97 Å². The Morgan fingerprint density at radius 3 is 2.54 bits per heavy atom. The second-order valence-electron chi connectivity index (χ2n) is 6.67. The molecule has 6 nitrogen and oxygen atoms in total. The van der Waals surface area contributed by atoms with Crippen LogP contribution in [-0.2, 0) is 20.8 Å². The Labute approximate surface area is 163 Å². The highest BCUT2D eigenvalue weighted by Gasteiger charge is 2.13. The van der Waals surface area contributed by atoms with Gasteiger partial charge in [0, 0.05) is 25.3 Å². The largest absolute Gasteiger partial charge is 0.452 e. The Bertz CT molecular complexity index is 833. The highest BCUT2D eigenvalue weighted by molar-refractivity contribution is 5.95. The third-order valence-corrected chi connectivity index (χ3v) is 4.49. The molecular weight excluding hydrogens is 363 g/mol. The first kappa shape index (κ1) is 20.0. The molecule has 7 heteroatoms. The fraction of sp³-hybridized carbons (Fsp3) is 0.333. The van der Waals surface area contributed by atoms with E-state index in [2.05, 4.69) is 10.2 Å². The van der Waals surface area contributed by atoms with E-state index >= 15 is 0 Å². The van der Waals surface area contributed by atoms with E-state index in [1.54, 1.807) is 31.2 Å². The number of esters is 1. The monoisotopic (exact) mass is 386 g/mol. The number of nitrogens with zero attached hydrogens (tertiary/aromatic N) is 1. The van der Waals surface area contributed by atoms with Gasteiger partial charge in [0.15, 0.2) is 6.61 Å². The molecule has 1 fully saturated rings. The first-order valence-corrected chi connectivity index (χ1v) is 9.13. The van der Waals surface area contributed by atoms with E-state index < -0.39 is 24.3 Å². The molecule has 28 heavy (non-hydrogen) atoms. The summed E-state index contributed by atoms with van der Waals surface area (Å²) in [5.74, 6) is -1.52. The average molecular weight is 386 g/mol. The molecular formula is C21H23FN2O4. The molecule has 0 aliphatic carbocycles. The van der Waals surface area contributed by atoms with Crippen molar-refractivity contribution in [2.45, 2.75) is 13.5 Å². The molecule has 148 valence electrons. The number of ether oxygens (including phenoxy) is 2. The number of rotatable bonds is 6. The Hall–Kier alpha value is -2.77. The lowest BCUT2D eigenvalue weighted by Crippen LogP contribution is -2.35. The average Bonchev–Trinajstić information content (AvgIpc) is 2.70. The van der Waals surface area contributed by atoms with E-state index in [0.717, 1.165) is 38.4 Å². The van der Waals surface area contributed by atoms with Crippen molar-refractivity contribution in [3.63, 3.8) is 0 Å². The maximum absolute atomic E-state index is 13.5. The predicted octanol–water partition coefficient (Wildman–Crippen LogP) is 2.76. The Kier molecular flexibility index (Phi) is 6.73. The van der Waals surface area contributed by atoms with E-state index in [4.69, 9.17) is 9.47 Å². The van der Waals surface area contributed by atoms with Crippen LogP contribution in [0.1, 0.15) is 21.5 Å². The molecule has 2 aromatic rings. The standard InChI is InChI=1S/C21H23FN2O4/c1-15-2-7-18(12-19(15)22)23-20(25)14-28-21(26)17-5-3-16(4-6-17)13-24-8-10-27-11-9-24/h2-7,12H,8-11,13-14H2,1H3,(H,23,25). The van der Waals surface area contributed by atoms with Crippen molar-refractivity contribution in [2.75, 3.05) is 38.2 Å². The van der Waals surface area contributed by atoms with Gasteiger partial charge in [0.2, 0.25) is 0 Å². The minimum Gasteiger partial charge on any atom is -0.452 e. The van der Waals surface area contributed by atoms with Crippen LogP contribution in [0.15, 0.2) is 42.5 Å². The van der Waals surface area contributed by atoms with Gasteiger partial charge in [0.1, 0.15) is 5.82 Å². The molecule has 0 atom stereocenters. The second-order valence-corrected chi connectivity index (χ2v) is 6.67. The van der Waals surface area contributed by atoms with Crippen LogP contribution in [-0.4, -0.2) is 49.7 Å². The summed E-state index contributed by atoms with van der Waals surface area (Å²) in [4.78, 5) is 26.3. The summed E-state index contributed by atoms with van der Waals surface area (Å²) >= 11 is 0. The summed E-state index contributed by atoms with van der Waals surface area (Å²) < 4.78 is 23.9. The molecule has 0 spiro atoms. The fourth-order valence-corrected chi connectivity index (χ4v) is 2.85. The highest BCUT2D eigenvalue weighted by Crippen LogP contribution is 2.14. The summed E-state index contributed by atoms with van der Waals surface area (Å²) in [6.07, 6.45) is 0. The van der Waals surface area contributed by atoms with Gasteiger partial charge in [-0.1, -0.05) is 18.2 Å². The first-order chi connectivity index (χ1) is 13.5. The lowest BCUT2D eigenvalue weighted by molar-refractivity contribution is -0.119. The number of morpholine rings is 1. The van der Waals surface area contributed by atoms with E-state index in [1.807, 2.05) is 12.1 Å². The Morgan fingerprint density at radius 2 is 1.86 bits per heavy atom. The van der Waals surface area contributed by atoms with Crippen LogP contribution >= 0.6 is 0 Å². The third-order valence-electron chi connectivity index (χ3n) is 4.49. The van der Waals surface area contributed by atoms with Crippen molar-refractivity contribution < 1.29 is 23.5 Å². The van der Waals surface area contributed by atoms with Gasteiger partial charge in [-0.15, -0.1) is 0 Å². The predicted molar refractivity (Wildman–Crippen MR) is 103 cm³/mol. The minimum absolute atomic E-state index is 0.316. The van der Waals surface area contributed by atoms with Crippen molar-refractivity contribution in [3.8, 4) is 0 Å². The summed E-state index contributed by atoms with van der Waals surface area (Å²) in [6.45, 7) is 5.25. The van der Waals surface area contributed by atoms with Crippen LogP contribution < -0.4 is 5.32 Å². The van der Waals surface area contributed by atoms with Crippen LogP contribution in [0.2, 0.25) is 0 Å². The van der Waals surface area contributed by atoms with Gasteiger partial charge in [0.25, 0.3) is 5.91 Å². The molecule has 1 N–H and O–H groups in total. The van der Waals surface area contributed by atoms with Crippen LogP contribution in [0.3, 0.4) is 0 Å². The van der Waals surface area contributed by atoms with Gasteiger partial charge in [-0.25, -0.2) is 9.18 Å². The lowest BCUT2D eigenvalue weighted by Gasteiger charge is -2.26. The number of amides is 1. The van der Waals surface area contributed by atoms with Gasteiger partial charge in [0.05, 0.1) is 18.8 Å². The highest BCUT2D eigenvalue weighted by atomic mass is 19.1. The van der Waals surface area contributed by atoms with Gasteiger partial charge in [-0.3, -0.25) is 9.69 Å². The van der Waals surface area contributed by atoms with Crippen molar-refractivity contribution in [3.05, 3.63) is 65.0 Å². The second kappa shape index (κ2) is 9.43. The summed E-state index contributed by atoms with van der Waals surface area (Å²) in [7, 11) is 0. The number of halogens is 1.